The summed E-state index contributed by atoms with van der Waals surface area (Å²) in [6.07, 6.45) is 0.990. The van der Waals surface area contributed by atoms with E-state index in [-0.39, 0.29) is 5.91 Å². The van der Waals surface area contributed by atoms with Gasteiger partial charge in [-0.05, 0) is 39.9 Å². The van der Waals surface area contributed by atoms with E-state index in [0.29, 0.717) is 18.6 Å². The third kappa shape index (κ3) is 6.42. The number of amides is 1. The molecule has 0 aliphatic carbocycles. The monoisotopic (exact) mass is 346 g/mol. The van der Waals surface area contributed by atoms with Crippen LogP contribution in [0, 0.1) is 0 Å². The number of hydrogen-bond acceptors (Lipinski definition) is 4. The molecule has 5 heteroatoms. The third-order valence-corrected chi connectivity index (χ3v) is 5.10. The van der Waals surface area contributed by atoms with Crippen molar-refractivity contribution in [1.82, 2.24) is 20.0 Å². The van der Waals surface area contributed by atoms with Crippen molar-refractivity contribution in [3.63, 3.8) is 0 Å². The van der Waals surface area contributed by atoms with Gasteiger partial charge in [0.15, 0.2) is 0 Å². The first-order valence-corrected chi connectivity index (χ1v) is 9.42. The average Bonchev–Trinajstić information content (AvgIpc) is 2.60. The second kappa shape index (κ2) is 9.90. The molecule has 25 heavy (non-hydrogen) atoms. The molecular formula is C20H34N4O. The van der Waals surface area contributed by atoms with Crippen molar-refractivity contribution in [2.45, 2.75) is 32.4 Å². The van der Waals surface area contributed by atoms with Crippen molar-refractivity contribution >= 4 is 5.91 Å². The minimum absolute atomic E-state index is 0.120. The summed E-state index contributed by atoms with van der Waals surface area (Å²) in [5.74, 6) is 0.120. The Hall–Kier alpha value is -1.43. The molecular weight excluding hydrogens is 312 g/mol. The molecule has 0 saturated carbocycles. The van der Waals surface area contributed by atoms with Gasteiger partial charge in [0, 0.05) is 44.8 Å². The Labute approximate surface area is 153 Å². The lowest BCUT2D eigenvalue weighted by Gasteiger charge is -2.40. The molecule has 1 aliphatic heterocycles. The van der Waals surface area contributed by atoms with E-state index in [1.165, 1.54) is 5.56 Å². The molecule has 1 aromatic carbocycles. The molecule has 1 fully saturated rings. The molecule has 1 atom stereocenters. The van der Waals surface area contributed by atoms with Crippen LogP contribution in [-0.4, -0.2) is 80.0 Å². The Morgan fingerprint density at radius 3 is 2.68 bits per heavy atom. The predicted octanol–water partition coefficient (Wildman–Crippen LogP) is 1.82. The fourth-order valence-corrected chi connectivity index (χ4v) is 3.19. The van der Waals surface area contributed by atoms with E-state index in [1.807, 2.05) is 7.05 Å². The molecule has 0 bridgehead atoms. The number of piperazine rings is 1. The van der Waals surface area contributed by atoms with Crippen LogP contribution in [0.2, 0.25) is 0 Å². The summed E-state index contributed by atoms with van der Waals surface area (Å²) in [6, 6.07) is 11.6. The molecule has 140 valence electrons. The summed E-state index contributed by atoms with van der Waals surface area (Å²) in [7, 11) is 4.18. The van der Waals surface area contributed by atoms with Crippen molar-refractivity contribution in [2.75, 3.05) is 53.4 Å². The van der Waals surface area contributed by atoms with Crippen molar-refractivity contribution in [3.05, 3.63) is 35.9 Å². The zero-order valence-corrected chi connectivity index (χ0v) is 16.2. The highest BCUT2D eigenvalue weighted by Gasteiger charge is 2.25. The van der Waals surface area contributed by atoms with Gasteiger partial charge in [0.1, 0.15) is 0 Å². The van der Waals surface area contributed by atoms with Crippen molar-refractivity contribution in [2.24, 2.45) is 0 Å². The fourth-order valence-electron chi connectivity index (χ4n) is 3.19. The number of carbonyl (C=O) groups excluding carboxylic acids is 1. The smallest absolute Gasteiger partial charge is 0.234 e. The molecule has 1 amide bonds. The van der Waals surface area contributed by atoms with Crippen LogP contribution in [0.25, 0.3) is 0 Å². The highest BCUT2D eigenvalue weighted by atomic mass is 16.2. The maximum atomic E-state index is 12.0. The van der Waals surface area contributed by atoms with Gasteiger partial charge in [0.05, 0.1) is 6.54 Å². The van der Waals surface area contributed by atoms with Gasteiger partial charge in [-0.15, -0.1) is 0 Å². The Morgan fingerprint density at radius 2 is 2.00 bits per heavy atom. The van der Waals surface area contributed by atoms with Gasteiger partial charge in [-0.2, -0.15) is 0 Å². The van der Waals surface area contributed by atoms with Gasteiger partial charge < -0.3 is 10.2 Å². The Bertz CT molecular complexity index is 520. The van der Waals surface area contributed by atoms with E-state index >= 15 is 0 Å². The molecule has 0 aromatic heterocycles. The first kappa shape index (κ1) is 19.9. The molecule has 0 unspecified atom stereocenters. The van der Waals surface area contributed by atoms with E-state index in [2.05, 4.69) is 71.2 Å². The first-order valence-electron chi connectivity index (χ1n) is 9.42. The third-order valence-electron chi connectivity index (χ3n) is 5.10. The van der Waals surface area contributed by atoms with Gasteiger partial charge in [0.2, 0.25) is 5.91 Å². The van der Waals surface area contributed by atoms with Crippen LogP contribution in [-0.2, 0) is 4.79 Å². The van der Waals surface area contributed by atoms with Gasteiger partial charge in [-0.25, -0.2) is 0 Å². The van der Waals surface area contributed by atoms with E-state index in [1.54, 1.807) is 0 Å². The molecule has 1 N–H and O–H groups in total. The zero-order chi connectivity index (χ0) is 18.2. The van der Waals surface area contributed by atoms with Crippen molar-refractivity contribution in [3.8, 4) is 0 Å². The van der Waals surface area contributed by atoms with Crippen LogP contribution in [0.3, 0.4) is 0 Å². The normalized spacial score (nSPS) is 19.5. The molecule has 1 saturated heterocycles. The highest BCUT2D eigenvalue weighted by molar-refractivity contribution is 5.77. The molecule has 1 aromatic rings. The maximum Gasteiger partial charge on any atom is 0.234 e. The number of rotatable bonds is 8. The number of nitrogens with zero attached hydrogens (tertiary/aromatic N) is 3. The lowest BCUT2D eigenvalue weighted by molar-refractivity contribution is -0.122. The zero-order valence-electron chi connectivity index (χ0n) is 16.2. The predicted molar refractivity (Wildman–Crippen MR) is 104 cm³/mol. The maximum absolute atomic E-state index is 12.0. The Morgan fingerprint density at radius 1 is 1.28 bits per heavy atom. The van der Waals surface area contributed by atoms with Gasteiger partial charge in [0.25, 0.3) is 0 Å². The van der Waals surface area contributed by atoms with E-state index < -0.39 is 0 Å². The molecule has 1 aliphatic rings. The molecule has 5 nitrogen and oxygen atoms in total. The van der Waals surface area contributed by atoms with E-state index in [4.69, 9.17) is 0 Å². The summed E-state index contributed by atoms with van der Waals surface area (Å²) < 4.78 is 0. The summed E-state index contributed by atoms with van der Waals surface area (Å²) in [5, 5.41) is 3.05. The summed E-state index contributed by atoms with van der Waals surface area (Å²) in [6.45, 7) is 9.70. The quantitative estimate of drug-likeness (QED) is 0.729. The Balaban J connectivity index is 1.77. The SMILES string of the molecule is CC(C)N(C)CC(=O)NCCCN1CCN(C)C[C@H]1c1ccccc1. The largest absolute Gasteiger partial charge is 0.355 e. The molecule has 2 rings (SSSR count). The van der Waals surface area contributed by atoms with Crippen molar-refractivity contribution < 1.29 is 4.79 Å². The second-order valence-electron chi connectivity index (χ2n) is 7.44. The van der Waals surface area contributed by atoms with Gasteiger partial charge in [-0.1, -0.05) is 30.3 Å². The topological polar surface area (TPSA) is 38.8 Å². The van der Waals surface area contributed by atoms with Crippen LogP contribution < -0.4 is 5.32 Å². The van der Waals surface area contributed by atoms with Crippen molar-refractivity contribution in [1.29, 1.82) is 0 Å². The summed E-state index contributed by atoms with van der Waals surface area (Å²) in [4.78, 5) is 19.0. The van der Waals surface area contributed by atoms with Crippen LogP contribution in [0.15, 0.2) is 30.3 Å². The molecule has 0 radical (unpaired) electrons. The standard InChI is InChI=1S/C20H34N4O/c1-17(2)23(4)16-20(25)21-11-8-12-24-14-13-22(3)15-19(24)18-9-6-5-7-10-18/h5-7,9-10,17,19H,8,11-16H2,1-4H3,(H,21,25)/t19-/m0/s1. The van der Waals surface area contributed by atoms with Crippen LogP contribution in [0.1, 0.15) is 31.9 Å². The number of hydrogen-bond donors (Lipinski definition) is 1. The fraction of sp³-hybridized carbons (Fsp3) is 0.650. The summed E-state index contributed by atoms with van der Waals surface area (Å²) >= 11 is 0. The first-order chi connectivity index (χ1) is 12.0. The average molecular weight is 347 g/mol. The van der Waals surface area contributed by atoms with Gasteiger partial charge >= 0.3 is 0 Å². The van der Waals surface area contributed by atoms with Gasteiger partial charge in [-0.3, -0.25) is 14.6 Å². The van der Waals surface area contributed by atoms with E-state index in [9.17, 15) is 4.79 Å². The van der Waals surface area contributed by atoms with Crippen LogP contribution >= 0.6 is 0 Å². The molecule has 1 heterocycles. The minimum atomic E-state index is 0.120. The lowest BCUT2D eigenvalue weighted by Crippen LogP contribution is -2.47. The number of carbonyl (C=O) groups is 1. The van der Waals surface area contributed by atoms with Crippen LogP contribution in [0.4, 0.5) is 0 Å². The number of likely N-dealkylation sites (N-methyl/N-ethyl adjacent to an activating group) is 2. The number of nitrogens with one attached hydrogen (secondary N) is 1. The lowest BCUT2D eigenvalue weighted by atomic mass is 10.0. The summed E-state index contributed by atoms with van der Waals surface area (Å²) in [5.41, 5.74) is 1.39. The minimum Gasteiger partial charge on any atom is -0.355 e. The molecule has 0 spiro atoms. The second-order valence-corrected chi connectivity index (χ2v) is 7.44. The van der Waals surface area contributed by atoms with Crippen LogP contribution in [0.5, 0.6) is 0 Å². The number of benzene rings is 1. The highest BCUT2D eigenvalue weighted by Crippen LogP contribution is 2.24. The Kier molecular flexibility index (Phi) is 7.88. The van der Waals surface area contributed by atoms with E-state index in [0.717, 1.165) is 39.1 Å².